The van der Waals surface area contributed by atoms with Crippen molar-refractivity contribution in [1.29, 1.82) is 0 Å². The predicted molar refractivity (Wildman–Crippen MR) is 57.3 cm³/mol. The van der Waals surface area contributed by atoms with E-state index in [1.54, 1.807) is 20.8 Å². The number of aldehydes is 1. The van der Waals surface area contributed by atoms with Gasteiger partial charge in [0.1, 0.15) is 11.9 Å². The molecular weight excluding hydrogens is 197 g/mol. The Bertz CT molecular complexity index is 225. The number of rotatable bonds is 5. The van der Waals surface area contributed by atoms with Crippen LogP contribution in [-0.2, 0) is 14.3 Å². The van der Waals surface area contributed by atoms with Crippen LogP contribution in [0, 0.1) is 0 Å². The van der Waals surface area contributed by atoms with Gasteiger partial charge in [-0.15, -0.1) is 0 Å². The van der Waals surface area contributed by atoms with Crippen LogP contribution in [0.25, 0.3) is 0 Å². The third-order valence-corrected chi connectivity index (χ3v) is 1.43. The Morgan fingerprint density at radius 1 is 1.60 bits per heavy atom. The highest BCUT2D eigenvalue weighted by atomic mass is 16.6. The first kappa shape index (κ1) is 14.1. The summed E-state index contributed by atoms with van der Waals surface area (Å²) in [5.41, 5.74) is -0.560. The topological polar surface area (TPSA) is 75.6 Å². The zero-order chi connectivity index (χ0) is 12.1. The van der Waals surface area contributed by atoms with Crippen molar-refractivity contribution in [2.24, 2.45) is 0 Å². The Morgan fingerprint density at radius 3 is 2.47 bits per heavy atom. The van der Waals surface area contributed by atoms with Gasteiger partial charge in [-0.2, -0.15) is 0 Å². The van der Waals surface area contributed by atoms with Crippen molar-refractivity contribution < 1.29 is 19.3 Å². The molecule has 1 atom stereocenters. The first-order valence-corrected chi connectivity index (χ1v) is 4.86. The second kappa shape index (κ2) is 5.87. The Morgan fingerprint density at radius 2 is 2.13 bits per heavy atom. The summed E-state index contributed by atoms with van der Waals surface area (Å²) in [6.45, 7) is 6.74. The van der Waals surface area contributed by atoms with E-state index >= 15 is 0 Å². The van der Waals surface area contributed by atoms with Crippen LogP contribution in [0.4, 0.5) is 0 Å². The minimum Gasteiger partial charge on any atom is -0.460 e. The molecule has 0 heterocycles. The lowest BCUT2D eigenvalue weighted by Crippen LogP contribution is -2.43. The van der Waals surface area contributed by atoms with Crippen molar-refractivity contribution in [3.05, 3.63) is 0 Å². The highest BCUT2D eigenvalue weighted by Crippen LogP contribution is 2.08. The number of hydrogen-bond donors (Lipinski definition) is 2. The van der Waals surface area contributed by atoms with Gasteiger partial charge in [0.2, 0.25) is 0 Å². The van der Waals surface area contributed by atoms with E-state index in [0.717, 1.165) is 0 Å². The number of carbonyl (C=O) groups is 2. The molecule has 15 heavy (non-hydrogen) atoms. The average Bonchev–Trinajstić information content (AvgIpc) is 1.98. The fraction of sp³-hybridized carbons (Fsp3) is 0.778. The molecule has 0 saturated carbocycles. The van der Waals surface area contributed by atoms with Crippen LogP contribution < -0.4 is 5.23 Å². The summed E-state index contributed by atoms with van der Waals surface area (Å²) >= 11 is 0. The van der Waals surface area contributed by atoms with Crippen LogP contribution in [-0.4, -0.2) is 36.0 Å². The summed E-state index contributed by atoms with van der Waals surface area (Å²) in [5.74, 6) is -0.465. The normalized spacial score (nSPS) is 13.1. The van der Waals surface area contributed by atoms with Crippen LogP contribution in [0.2, 0.25) is 6.82 Å². The summed E-state index contributed by atoms with van der Waals surface area (Å²) in [7, 11) is -0.831. The van der Waals surface area contributed by atoms with Crippen LogP contribution in [0.1, 0.15) is 27.2 Å². The van der Waals surface area contributed by atoms with Crippen molar-refractivity contribution in [3.63, 3.8) is 0 Å². The van der Waals surface area contributed by atoms with E-state index in [9.17, 15) is 9.59 Å². The van der Waals surface area contributed by atoms with Gasteiger partial charge in [-0.25, -0.2) is 0 Å². The van der Waals surface area contributed by atoms with E-state index in [1.165, 1.54) is 6.82 Å². The number of nitrogens with one attached hydrogen (secondary N) is 1. The number of esters is 1. The molecule has 0 rings (SSSR count). The second-order valence-corrected chi connectivity index (χ2v) is 4.38. The monoisotopic (exact) mass is 215 g/mol. The Labute approximate surface area is 90.3 Å². The minimum atomic E-state index is -0.831. The fourth-order valence-corrected chi connectivity index (χ4v) is 1.02. The molecule has 0 radical (unpaired) electrons. The Kier molecular flexibility index (Phi) is 5.53. The van der Waals surface area contributed by atoms with E-state index < -0.39 is 24.7 Å². The summed E-state index contributed by atoms with van der Waals surface area (Å²) in [6, 6.07) is -0.708. The molecule has 0 aromatic heterocycles. The van der Waals surface area contributed by atoms with Gasteiger partial charge in [-0.1, -0.05) is 0 Å². The van der Waals surface area contributed by atoms with Crippen LogP contribution in [0.5, 0.6) is 0 Å². The van der Waals surface area contributed by atoms with Gasteiger partial charge in [-0.05, 0) is 27.6 Å². The maximum atomic E-state index is 11.3. The number of carbonyl (C=O) groups excluding carboxylic acids is 2. The average molecular weight is 215 g/mol. The Balaban J connectivity index is 4.08. The van der Waals surface area contributed by atoms with Gasteiger partial charge in [-0.3, -0.25) is 4.79 Å². The molecule has 0 aromatic carbocycles. The maximum absolute atomic E-state index is 11.3. The van der Waals surface area contributed by atoms with Gasteiger partial charge >= 0.3 is 13.0 Å². The molecule has 5 nitrogen and oxygen atoms in total. The highest BCUT2D eigenvalue weighted by Gasteiger charge is 2.21. The largest absolute Gasteiger partial charge is 0.460 e. The quantitative estimate of drug-likeness (QED) is 0.383. The molecule has 0 fully saturated rings. The molecule has 0 aliphatic carbocycles. The van der Waals surface area contributed by atoms with Gasteiger partial charge in [0, 0.05) is 0 Å². The smallest absolute Gasteiger partial charge is 0.374 e. The summed E-state index contributed by atoms with van der Waals surface area (Å²) in [5, 5.41) is 11.5. The SMILES string of the molecule is CB(O)N[C@@H](C=O)CC(=O)OC(C)(C)C. The van der Waals surface area contributed by atoms with Crippen LogP contribution >= 0.6 is 0 Å². The first-order chi connectivity index (χ1) is 6.74. The van der Waals surface area contributed by atoms with Crippen molar-refractivity contribution in [1.82, 2.24) is 5.23 Å². The molecule has 0 bridgehead atoms. The molecule has 0 aromatic rings. The van der Waals surface area contributed by atoms with Crippen LogP contribution in [0.15, 0.2) is 0 Å². The van der Waals surface area contributed by atoms with E-state index in [-0.39, 0.29) is 6.42 Å². The molecule has 6 heteroatoms. The van der Waals surface area contributed by atoms with E-state index in [1.807, 2.05) is 0 Å². The van der Waals surface area contributed by atoms with Gasteiger partial charge in [0.05, 0.1) is 12.5 Å². The van der Waals surface area contributed by atoms with E-state index in [4.69, 9.17) is 9.76 Å². The maximum Gasteiger partial charge on any atom is 0.374 e. The molecule has 0 saturated heterocycles. The minimum absolute atomic E-state index is 0.0777. The van der Waals surface area contributed by atoms with Gasteiger partial charge in [0.25, 0.3) is 0 Å². The third kappa shape index (κ3) is 8.14. The zero-order valence-corrected chi connectivity index (χ0v) is 9.61. The number of ether oxygens (including phenoxy) is 1. The van der Waals surface area contributed by atoms with Crippen molar-refractivity contribution in [2.45, 2.75) is 45.7 Å². The summed E-state index contributed by atoms with van der Waals surface area (Å²) < 4.78 is 5.03. The van der Waals surface area contributed by atoms with Crippen molar-refractivity contribution in [3.8, 4) is 0 Å². The molecule has 0 aliphatic heterocycles. The van der Waals surface area contributed by atoms with E-state index in [0.29, 0.717) is 6.29 Å². The molecular formula is C9H18BNO4. The van der Waals surface area contributed by atoms with Crippen molar-refractivity contribution >= 4 is 19.3 Å². The lowest BCUT2D eigenvalue weighted by atomic mass is 9.87. The standard InChI is InChI=1S/C9H18BNO4/c1-9(2,3)15-8(13)5-7(6-12)11-10(4)14/h6-7,11,14H,5H2,1-4H3/t7-/m1/s1. The van der Waals surface area contributed by atoms with Crippen molar-refractivity contribution in [2.75, 3.05) is 0 Å². The fourth-order valence-electron chi connectivity index (χ4n) is 1.02. The lowest BCUT2D eigenvalue weighted by molar-refractivity contribution is -0.155. The second-order valence-electron chi connectivity index (χ2n) is 4.38. The molecule has 86 valence electrons. The molecule has 0 aliphatic rings. The summed E-state index contributed by atoms with van der Waals surface area (Å²) in [4.78, 5) is 21.9. The molecule has 0 amide bonds. The van der Waals surface area contributed by atoms with Gasteiger partial charge < -0.3 is 19.8 Å². The third-order valence-electron chi connectivity index (χ3n) is 1.43. The molecule has 0 unspecified atom stereocenters. The zero-order valence-electron chi connectivity index (χ0n) is 9.61. The van der Waals surface area contributed by atoms with E-state index in [2.05, 4.69) is 5.23 Å². The van der Waals surface area contributed by atoms with Crippen LogP contribution in [0.3, 0.4) is 0 Å². The van der Waals surface area contributed by atoms with Gasteiger partial charge in [0.15, 0.2) is 0 Å². The highest BCUT2D eigenvalue weighted by molar-refractivity contribution is 6.45. The predicted octanol–water partition coefficient (Wildman–Crippen LogP) is -0.0144. The first-order valence-electron chi connectivity index (χ1n) is 4.86. The summed E-state index contributed by atoms with van der Waals surface area (Å²) in [6.07, 6.45) is 0.502. The Hall–Kier alpha value is -0.875. The molecule has 0 spiro atoms. The number of hydrogen-bond acceptors (Lipinski definition) is 5. The lowest BCUT2D eigenvalue weighted by Gasteiger charge is -2.21. The molecule has 2 N–H and O–H groups in total.